The second-order valence-electron chi connectivity index (χ2n) is 9.10. The number of likely N-dealkylation sites (tertiary alicyclic amines) is 1. The molecule has 1 saturated heterocycles. The van der Waals surface area contributed by atoms with Gasteiger partial charge in [-0.2, -0.15) is 0 Å². The van der Waals surface area contributed by atoms with Crippen LogP contribution in [0.5, 0.6) is 5.75 Å². The standard InChI is InChI=1S/C30H31ClN2O/c31-26-13-10-24(11-14-26)22-34-30-15-12-25-8-4-5-9-28(25)29(30)20-32-27-16-18-33(19-17-27)21-23-6-2-1-3-7-23/h1-15,27,32H,16-22H2. The quantitative estimate of drug-likeness (QED) is 0.305. The summed E-state index contributed by atoms with van der Waals surface area (Å²) in [5, 5.41) is 7.08. The van der Waals surface area contributed by atoms with Crippen LogP contribution in [0.25, 0.3) is 10.8 Å². The number of nitrogens with zero attached hydrogens (tertiary/aromatic N) is 1. The van der Waals surface area contributed by atoms with E-state index >= 15 is 0 Å². The van der Waals surface area contributed by atoms with E-state index in [1.165, 1.54) is 34.7 Å². The van der Waals surface area contributed by atoms with Gasteiger partial charge in [-0.1, -0.05) is 84.4 Å². The molecule has 4 aromatic rings. The molecule has 174 valence electrons. The highest BCUT2D eigenvalue weighted by Gasteiger charge is 2.20. The maximum Gasteiger partial charge on any atom is 0.124 e. The number of halogens is 1. The van der Waals surface area contributed by atoms with Crippen molar-refractivity contribution in [1.29, 1.82) is 0 Å². The Hall–Kier alpha value is -2.85. The maximum absolute atomic E-state index is 6.30. The summed E-state index contributed by atoms with van der Waals surface area (Å²) in [6, 6.07) is 32.0. The summed E-state index contributed by atoms with van der Waals surface area (Å²) >= 11 is 6.03. The lowest BCUT2D eigenvalue weighted by atomic mass is 10.0. The number of benzene rings is 4. The topological polar surface area (TPSA) is 24.5 Å². The minimum Gasteiger partial charge on any atom is -0.489 e. The molecular formula is C30H31ClN2O. The van der Waals surface area contributed by atoms with Crippen LogP contribution in [0.15, 0.2) is 91.0 Å². The summed E-state index contributed by atoms with van der Waals surface area (Å²) in [6.07, 6.45) is 2.33. The van der Waals surface area contributed by atoms with Gasteiger partial charge in [0.25, 0.3) is 0 Å². The van der Waals surface area contributed by atoms with E-state index in [0.717, 1.165) is 42.5 Å². The maximum atomic E-state index is 6.30. The van der Waals surface area contributed by atoms with E-state index < -0.39 is 0 Å². The first-order valence-corrected chi connectivity index (χ1v) is 12.5. The first-order chi connectivity index (χ1) is 16.7. The van der Waals surface area contributed by atoms with Crippen molar-refractivity contribution in [1.82, 2.24) is 10.2 Å². The number of hydrogen-bond donors (Lipinski definition) is 1. The Morgan fingerprint density at radius 3 is 2.32 bits per heavy atom. The average Bonchev–Trinajstić information content (AvgIpc) is 2.89. The van der Waals surface area contributed by atoms with E-state index in [1.54, 1.807) is 0 Å². The van der Waals surface area contributed by atoms with Crippen LogP contribution < -0.4 is 10.1 Å². The Kier molecular flexibility index (Phi) is 7.45. The van der Waals surface area contributed by atoms with E-state index in [1.807, 2.05) is 24.3 Å². The zero-order chi connectivity index (χ0) is 23.2. The Balaban J connectivity index is 1.23. The smallest absolute Gasteiger partial charge is 0.124 e. The molecular weight excluding hydrogens is 440 g/mol. The number of piperidine rings is 1. The van der Waals surface area contributed by atoms with Crippen molar-refractivity contribution in [3.63, 3.8) is 0 Å². The van der Waals surface area contributed by atoms with Crippen molar-refractivity contribution in [3.8, 4) is 5.75 Å². The highest BCUT2D eigenvalue weighted by atomic mass is 35.5. The predicted molar refractivity (Wildman–Crippen MR) is 141 cm³/mol. The van der Waals surface area contributed by atoms with Gasteiger partial charge in [-0.25, -0.2) is 0 Å². The molecule has 4 heteroatoms. The van der Waals surface area contributed by atoms with E-state index in [-0.39, 0.29) is 0 Å². The van der Waals surface area contributed by atoms with Crippen molar-refractivity contribution in [3.05, 3.63) is 113 Å². The molecule has 0 atom stereocenters. The van der Waals surface area contributed by atoms with Crippen molar-refractivity contribution in [2.24, 2.45) is 0 Å². The third-order valence-corrected chi connectivity index (χ3v) is 6.96. The van der Waals surface area contributed by atoms with Gasteiger partial charge in [-0.05, 0) is 66.0 Å². The van der Waals surface area contributed by atoms with Gasteiger partial charge < -0.3 is 10.1 Å². The predicted octanol–water partition coefficient (Wildman–Crippen LogP) is 6.83. The molecule has 0 unspecified atom stereocenters. The first-order valence-electron chi connectivity index (χ1n) is 12.1. The second-order valence-corrected chi connectivity index (χ2v) is 9.53. The monoisotopic (exact) mass is 470 g/mol. The van der Waals surface area contributed by atoms with Crippen LogP contribution >= 0.6 is 11.6 Å². The molecule has 1 heterocycles. The van der Waals surface area contributed by atoms with Crippen LogP contribution in [0.1, 0.15) is 29.5 Å². The number of fused-ring (bicyclic) bond motifs is 1. The molecule has 4 aromatic carbocycles. The van der Waals surface area contributed by atoms with Crippen molar-refractivity contribution < 1.29 is 4.74 Å². The van der Waals surface area contributed by atoms with Crippen molar-refractivity contribution >= 4 is 22.4 Å². The second kappa shape index (κ2) is 11.1. The summed E-state index contributed by atoms with van der Waals surface area (Å²) in [5.41, 5.74) is 3.74. The van der Waals surface area contributed by atoms with Crippen molar-refractivity contribution in [2.45, 2.75) is 38.6 Å². The highest BCUT2D eigenvalue weighted by Crippen LogP contribution is 2.29. The fraction of sp³-hybridized carbons (Fsp3) is 0.267. The Morgan fingerprint density at radius 2 is 1.53 bits per heavy atom. The van der Waals surface area contributed by atoms with Gasteiger partial charge in [0, 0.05) is 29.7 Å². The normalized spacial score (nSPS) is 15.0. The lowest BCUT2D eigenvalue weighted by Crippen LogP contribution is -2.41. The molecule has 34 heavy (non-hydrogen) atoms. The van der Waals surface area contributed by atoms with Crippen molar-refractivity contribution in [2.75, 3.05) is 13.1 Å². The zero-order valence-electron chi connectivity index (χ0n) is 19.4. The Morgan fingerprint density at radius 1 is 0.794 bits per heavy atom. The lowest BCUT2D eigenvalue weighted by molar-refractivity contribution is 0.190. The minimum absolute atomic E-state index is 0.523. The van der Waals surface area contributed by atoms with Crippen LogP contribution in [0.3, 0.4) is 0 Å². The SMILES string of the molecule is Clc1ccc(COc2ccc3ccccc3c2CNC2CCN(Cc3ccccc3)CC2)cc1. The molecule has 0 amide bonds. The van der Waals surface area contributed by atoms with E-state index in [0.29, 0.717) is 12.6 Å². The largest absolute Gasteiger partial charge is 0.489 e. The van der Waals surface area contributed by atoms with Crippen LogP contribution in [0.4, 0.5) is 0 Å². The molecule has 1 aliphatic heterocycles. The van der Waals surface area contributed by atoms with Crippen LogP contribution in [-0.2, 0) is 19.7 Å². The molecule has 0 radical (unpaired) electrons. The lowest BCUT2D eigenvalue weighted by Gasteiger charge is -2.32. The summed E-state index contributed by atoms with van der Waals surface area (Å²) in [5.74, 6) is 0.947. The van der Waals surface area contributed by atoms with Gasteiger partial charge in [-0.15, -0.1) is 0 Å². The van der Waals surface area contributed by atoms with Gasteiger partial charge in [-0.3, -0.25) is 4.90 Å². The molecule has 5 rings (SSSR count). The number of ether oxygens (including phenoxy) is 1. The Labute approximate surface area is 207 Å². The number of nitrogens with one attached hydrogen (secondary N) is 1. The first kappa shape index (κ1) is 22.9. The highest BCUT2D eigenvalue weighted by molar-refractivity contribution is 6.30. The van der Waals surface area contributed by atoms with Gasteiger partial charge in [0.2, 0.25) is 0 Å². The molecule has 0 aromatic heterocycles. The Bertz CT molecular complexity index is 1200. The number of rotatable bonds is 8. The molecule has 1 aliphatic rings. The van der Waals surface area contributed by atoms with E-state index in [4.69, 9.17) is 16.3 Å². The van der Waals surface area contributed by atoms with E-state index in [2.05, 4.69) is 76.9 Å². The van der Waals surface area contributed by atoms with Gasteiger partial charge >= 0.3 is 0 Å². The summed E-state index contributed by atoms with van der Waals surface area (Å²) < 4.78 is 6.30. The fourth-order valence-electron chi connectivity index (χ4n) is 4.76. The molecule has 0 spiro atoms. The van der Waals surface area contributed by atoms with Crippen LogP contribution in [0.2, 0.25) is 5.02 Å². The van der Waals surface area contributed by atoms with Gasteiger partial charge in [0.05, 0.1) is 0 Å². The number of hydrogen-bond acceptors (Lipinski definition) is 3. The third kappa shape index (κ3) is 5.79. The van der Waals surface area contributed by atoms with Gasteiger partial charge in [0.1, 0.15) is 12.4 Å². The molecule has 1 N–H and O–H groups in total. The van der Waals surface area contributed by atoms with Crippen LogP contribution in [0, 0.1) is 0 Å². The van der Waals surface area contributed by atoms with Crippen LogP contribution in [-0.4, -0.2) is 24.0 Å². The van der Waals surface area contributed by atoms with Gasteiger partial charge in [0.15, 0.2) is 0 Å². The zero-order valence-corrected chi connectivity index (χ0v) is 20.2. The molecule has 0 bridgehead atoms. The van der Waals surface area contributed by atoms with E-state index in [9.17, 15) is 0 Å². The fourth-order valence-corrected chi connectivity index (χ4v) is 4.88. The summed E-state index contributed by atoms with van der Waals surface area (Å²) in [7, 11) is 0. The average molecular weight is 471 g/mol. The molecule has 0 aliphatic carbocycles. The molecule has 3 nitrogen and oxygen atoms in total. The summed E-state index contributed by atoms with van der Waals surface area (Å²) in [6.45, 7) is 4.63. The third-order valence-electron chi connectivity index (χ3n) is 6.71. The molecule has 1 fully saturated rings. The minimum atomic E-state index is 0.523. The summed E-state index contributed by atoms with van der Waals surface area (Å²) in [4.78, 5) is 2.56. The molecule has 0 saturated carbocycles.